The van der Waals surface area contributed by atoms with Crippen LogP contribution in [0.5, 0.6) is 0 Å². The van der Waals surface area contributed by atoms with Gasteiger partial charge in [-0.1, -0.05) is 43.1 Å². The molecule has 1 aromatic carbocycles. The largest absolute Gasteiger partial charge is 0.466 e. The van der Waals surface area contributed by atoms with Crippen LogP contribution in [0.15, 0.2) is 35.7 Å². The van der Waals surface area contributed by atoms with E-state index in [1.807, 2.05) is 44.2 Å². The fraction of sp³-hybridized carbons (Fsp3) is 0.542. The lowest BCUT2D eigenvalue weighted by Crippen LogP contribution is -2.39. The first-order valence-electron chi connectivity index (χ1n) is 10.6. The average Bonchev–Trinajstić information content (AvgIpc) is 3.17. The molecule has 0 saturated heterocycles. The topological polar surface area (TPSA) is 29.5 Å². The number of halogens is 1. The van der Waals surface area contributed by atoms with Crippen molar-refractivity contribution in [1.82, 2.24) is 4.90 Å². The van der Waals surface area contributed by atoms with Gasteiger partial charge in [-0.05, 0) is 68.2 Å². The Morgan fingerprint density at radius 3 is 2.72 bits per heavy atom. The highest BCUT2D eigenvalue weighted by molar-refractivity contribution is 7.10. The van der Waals surface area contributed by atoms with Crippen LogP contribution in [0.3, 0.4) is 0 Å². The summed E-state index contributed by atoms with van der Waals surface area (Å²) in [4.78, 5) is 16.7. The lowest BCUT2D eigenvalue weighted by Gasteiger charge is -2.40. The van der Waals surface area contributed by atoms with E-state index in [1.165, 1.54) is 10.4 Å². The Hall–Kier alpha value is -1.36. The normalized spacial score (nSPS) is 16.9. The van der Waals surface area contributed by atoms with Gasteiger partial charge >= 0.3 is 5.97 Å². The van der Waals surface area contributed by atoms with Gasteiger partial charge in [-0.25, -0.2) is 0 Å². The number of carbonyl (C=O) groups excluding carboxylic acids is 1. The van der Waals surface area contributed by atoms with Gasteiger partial charge in [0.05, 0.1) is 12.0 Å². The Labute approximate surface area is 184 Å². The molecule has 29 heavy (non-hydrogen) atoms. The van der Waals surface area contributed by atoms with Crippen molar-refractivity contribution in [3.05, 3.63) is 56.7 Å². The molecule has 0 saturated carbocycles. The number of esters is 1. The molecule has 1 aromatic heterocycles. The van der Waals surface area contributed by atoms with Gasteiger partial charge in [-0.15, -0.1) is 11.3 Å². The van der Waals surface area contributed by atoms with Crippen molar-refractivity contribution in [2.75, 3.05) is 13.2 Å². The first-order chi connectivity index (χ1) is 13.9. The Morgan fingerprint density at radius 1 is 1.28 bits per heavy atom. The summed E-state index contributed by atoms with van der Waals surface area (Å²) >= 11 is 8.51. The number of hydrogen-bond donors (Lipinski definition) is 0. The van der Waals surface area contributed by atoms with Gasteiger partial charge in [0, 0.05) is 29.0 Å². The Balaban J connectivity index is 1.91. The van der Waals surface area contributed by atoms with Crippen LogP contribution < -0.4 is 0 Å². The van der Waals surface area contributed by atoms with Crippen LogP contribution in [-0.2, 0) is 22.5 Å². The van der Waals surface area contributed by atoms with E-state index in [9.17, 15) is 4.79 Å². The van der Waals surface area contributed by atoms with Crippen LogP contribution in [0.25, 0.3) is 0 Å². The number of rotatable bonds is 8. The van der Waals surface area contributed by atoms with Crippen molar-refractivity contribution in [1.29, 1.82) is 0 Å². The minimum atomic E-state index is -0.534. The molecule has 158 valence electrons. The third-order valence-electron chi connectivity index (χ3n) is 6.36. The minimum Gasteiger partial charge on any atom is -0.466 e. The number of nitrogens with zero attached hydrogens (tertiary/aromatic N) is 1. The second-order valence-corrected chi connectivity index (χ2v) is 9.82. The number of thiophene rings is 1. The number of carbonyl (C=O) groups is 1. The highest BCUT2D eigenvalue weighted by Gasteiger charge is 2.40. The molecule has 3 nitrogen and oxygen atoms in total. The highest BCUT2D eigenvalue weighted by atomic mass is 35.5. The molecule has 0 spiro atoms. The smallest absolute Gasteiger partial charge is 0.311 e. The molecule has 0 fully saturated rings. The van der Waals surface area contributed by atoms with E-state index in [-0.39, 0.29) is 17.9 Å². The zero-order chi connectivity index (χ0) is 21.0. The van der Waals surface area contributed by atoms with Crippen molar-refractivity contribution >= 4 is 28.9 Å². The maximum absolute atomic E-state index is 12.7. The summed E-state index contributed by atoms with van der Waals surface area (Å²) in [6.45, 7) is 10.5. The van der Waals surface area contributed by atoms with Crippen LogP contribution in [0, 0.1) is 11.3 Å². The first kappa shape index (κ1) is 22.3. The molecule has 0 radical (unpaired) electrons. The van der Waals surface area contributed by atoms with Gasteiger partial charge in [0.2, 0.25) is 0 Å². The van der Waals surface area contributed by atoms with Crippen LogP contribution in [0.1, 0.15) is 62.6 Å². The average molecular weight is 434 g/mol. The van der Waals surface area contributed by atoms with Crippen molar-refractivity contribution in [2.24, 2.45) is 11.3 Å². The lowest BCUT2D eigenvalue weighted by molar-refractivity contribution is -0.157. The van der Waals surface area contributed by atoms with E-state index in [1.54, 1.807) is 0 Å². The predicted molar refractivity (Wildman–Crippen MR) is 121 cm³/mol. The Kier molecular flexibility index (Phi) is 7.42. The molecule has 0 amide bonds. The molecular formula is C24H32ClNO2S. The molecule has 5 heteroatoms. The summed E-state index contributed by atoms with van der Waals surface area (Å²) in [5.74, 6) is 0.0928. The van der Waals surface area contributed by atoms with E-state index in [0.29, 0.717) is 6.61 Å². The number of benzene rings is 1. The monoisotopic (exact) mass is 433 g/mol. The molecule has 2 heterocycles. The van der Waals surface area contributed by atoms with E-state index < -0.39 is 5.41 Å². The molecule has 0 N–H and O–H groups in total. The zero-order valence-corrected chi connectivity index (χ0v) is 19.5. The van der Waals surface area contributed by atoms with Gasteiger partial charge in [0.15, 0.2) is 0 Å². The van der Waals surface area contributed by atoms with Crippen molar-refractivity contribution in [3.63, 3.8) is 0 Å². The molecular weight excluding hydrogens is 402 g/mol. The molecule has 2 atom stereocenters. The van der Waals surface area contributed by atoms with Crippen LogP contribution in [0.4, 0.5) is 0 Å². The van der Waals surface area contributed by atoms with Crippen LogP contribution in [0.2, 0.25) is 5.02 Å². The summed E-state index contributed by atoms with van der Waals surface area (Å²) in [6.07, 6.45) is 2.88. The summed E-state index contributed by atoms with van der Waals surface area (Å²) in [6, 6.07) is 10.6. The van der Waals surface area contributed by atoms with Gasteiger partial charge in [-0.3, -0.25) is 9.69 Å². The first-order valence-corrected chi connectivity index (χ1v) is 11.8. The molecule has 2 unspecified atom stereocenters. The second-order valence-electron chi connectivity index (χ2n) is 8.41. The summed E-state index contributed by atoms with van der Waals surface area (Å²) in [5, 5.41) is 3.00. The fourth-order valence-electron chi connectivity index (χ4n) is 4.48. The van der Waals surface area contributed by atoms with Gasteiger partial charge in [0.1, 0.15) is 0 Å². The van der Waals surface area contributed by atoms with E-state index in [0.717, 1.165) is 42.9 Å². The molecule has 1 aliphatic rings. The van der Waals surface area contributed by atoms with Crippen LogP contribution >= 0.6 is 22.9 Å². The van der Waals surface area contributed by atoms with E-state index >= 15 is 0 Å². The predicted octanol–water partition coefficient (Wildman–Crippen LogP) is 6.51. The number of ether oxygens (including phenoxy) is 1. The van der Waals surface area contributed by atoms with E-state index in [4.69, 9.17) is 16.3 Å². The van der Waals surface area contributed by atoms with Crippen molar-refractivity contribution in [2.45, 2.75) is 59.5 Å². The van der Waals surface area contributed by atoms with Crippen molar-refractivity contribution < 1.29 is 9.53 Å². The zero-order valence-electron chi connectivity index (χ0n) is 17.9. The Morgan fingerprint density at radius 2 is 2.03 bits per heavy atom. The van der Waals surface area contributed by atoms with Gasteiger partial charge in [-0.2, -0.15) is 0 Å². The standard InChI is InChI=1S/C24H32ClNO2S/c1-5-18(24(3,4)23(27)28-6-2)15-21(19-9-7-8-10-20(19)25)26-13-11-22-17(16-26)12-14-29-22/h7-10,12,14,18,21H,5-6,11,13,15-16H2,1-4H3. The minimum absolute atomic E-state index is 0.108. The summed E-state index contributed by atoms with van der Waals surface area (Å²) < 4.78 is 5.40. The molecule has 0 bridgehead atoms. The third kappa shape index (κ3) is 4.87. The maximum Gasteiger partial charge on any atom is 0.311 e. The SMILES string of the molecule is CCOC(=O)C(C)(C)C(CC)CC(c1ccccc1Cl)N1CCc2sccc2C1. The molecule has 3 rings (SSSR count). The molecule has 0 aliphatic carbocycles. The summed E-state index contributed by atoms with van der Waals surface area (Å²) in [5.41, 5.74) is 2.05. The van der Waals surface area contributed by atoms with Gasteiger partial charge < -0.3 is 4.74 Å². The maximum atomic E-state index is 12.7. The van der Waals surface area contributed by atoms with Gasteiger partial charge in [0.25, 0.3) is 0 Å². The lowest BCUT2D eigenvalue weighted by atomic mass is 9.73. The number of hydrogen-bond acceptors (Lipinski definition) is 4. The van der Waals surface area contributed by atoms with Crippen LogP contribution in [-0.4, -0.2) is 24.0 Å². The third-order valence-corrected chi connectivity index (χ3v) is 7.73. The quantitative estimate of drug-likeness (QED) is 0.444. The number of fused-ring (bicyclic) bond motifs is 1. The second kappa shape index (κ2) is 9.63. The fourth-order valence-corrected chi connectivity index (χ4v) is 5.63. The molecule has 2 aromatic rings. The Bertz CT molecular complexity index is 832. The molecule has 1 aliphatic heterocycles. The summed E-state index contributed by atoms with van der Waals surface area (Å²) in [7, 11) is 0. The highest BCUT2D eigenvalue weighted by Crippen LogP contribution is 2.42. The van der Waals surface area contributed by atoms with Crippen molar-refractivity contribution in [3.8, 4) is 0 Å². The van der Waals surface area contributed by atoms with E-state index in [2.05, 4.69) is 35.4 Å².